The lowest BCUT2D eigenvalue weighted by Crippen LogP contribution is -2.27. The van der Waals surface area contributed by atoms with Crippen LogP contribution in [0.1, 0.15) is 23.6 Å². The molecule has 0 radical (unpaired) electrons. The summed E-state index contributed by atoms with van der Waals surface area (Å²) >= 11 is 6.71. The van der Waals surface area contributed by atoms with Crippen LogP contribution in [0.25, 0.3) is 6.08 Å². The molecule has 1 N–H and O–H groups in total. The SMILES string of the molecule is CCOc1cc(/C=C2\SC(=S)N(c3ccc(OC)cc3)C2=O)ccc1OCC(=O)Nc1c(C)cccc1C. The molecule has 3 aromatic rings. The zero-order chi connectivity index (χ0) is 27.2. The first-order valence-corrected chi connectivity index (χ1v) is 13.2. The van der Waals surface area contributed by atoms with E-state index in [0.29, 0.717) is 38.8 Å². The summed E-state index contributed by atoms with van der Waals surface area (Å²) in [6.45, 7) is 5.99. The Morgan fingerprint density at radius 3 is 2.39 bits per heavy atom. The number of hydrogen-bond donors (Lipinski definition) is 1. The fourth-order valence-electron chi connectivity index (χ4n) is 3.91. The summed E-state index contributed by atoms with van der Waals surface area (Å²) in [6.07, 6.45) is 1.77. The summed E-state index contributed by atoms with van der Waals surface area (Å²) in [5, 5.41) is 2.91. The molecule has 0 aliphatic carbocycles. The van der Waals surface area contributed by atoms with Crippen LogP contribution in [-0.2, 0) is 9.59 Å². The number of anilines is 2. The third kappa shape index (κ3) is 6.17. The number of thiocarbonyl (C=S) groups is 1. The Kier molecular flexibility index (Phi) is 8.70. The number of carbonyl (C=O) groups is 2. The predicted octanol–water partition coefficient (Wildman–Crippen LogP) is 6.13. The van der Waals surface area contributed by atoms with Gasteiger partial charge in [-0.3, -0.25) is 14.5 Å². The van der Waals surface area contributed by atoms with Gasteiger partial charge in [-0.2, -0.15) is 0 Å². The molecule has 0 aromatic heterocycles. The Bertz CT molecular complexity index is 1380. The van der Waals surface area contributed by atoms with E-state index in [1.807, 2.05) is 39.0 Å². The number of hydrogen-bond acceptors (Lipinski definition) is 7. The van der Waals surface area contributed by atoms with E-state index in [1.165, 1.54) is 16.7 Å². The van der Waals surface area contributed by atoms with Gasteiger partial charge in [-0.15, -0.1) is 0 Å². The Morgan fingerprint density at radius 2 is 1.74 bits per heavy atom. The third-order valence-electron chi connectivity index (χ3n) is 5.79. The van der Waals surface area contributed by atoms with Crippen molar-refractivity contribution < 1.29 is 23.8 Å². The number of ether oxygens (including phenoxy) is 3. The molecule has 0 bridgehead atoms. The second-order valence-electron chi connectivity index (χ2n) is 8.46. The maximum Gasteiger partial charge on any atom is 0.270 e. The van der Waals surface area contributed by atoms with Gasteiger partial charge in [0, 0.05) is 5.69 Å². The van der Waals surface area contributed by atoms with E-state index >= 15 is 0 Å². The van der Waals surface area contributed by atoms with Gasteiger partial charge in [0.05, 0.1) is 24.3 Å². The van der Waals surface area contributed by atoms with E-state index in [4.69, 9.17) is 26.4 Å². The molecule has 38 heavy (non-hydrogen) atoms. The van der Waals surface area contributed by atoms with E-state index in [0.717, 1.165) is 22.4 Å². The number of thioether (sulfide) groups is 1. The molecule has 0 saturated carbocycles. The lowest BCUT2D eigenvalue weighted by molar-refractivity contribution is -0.118. The van der Waals surface area contributed by atoms with Crippen molar-refractivity contribution in [3.05, 3.63) is 82.3 Å². The first kappa shape index (κ1) is 27.2. The standard InChI is InChI=1S/C29H28N2O5S2/c1-5-35-24-15-20(9-14-23(24)36-17-26(32)30-27-18(2)7-6-8-19(27)3)16-25-28(33)31(29(37)38-25)21-10-12-22(34-4)13-11-21/h6-16H,5,17H2,1-4H3,(H,30,32)/b25-16-. The highest BCUT2D eigenvalue weighted by Gasteiger charge is 2.33. The first-order valence-electron chi connectivity index (χ1n) is 12.0. The Balaban J connectivity index is 1.48. The summed E-state index contributed by atoms with van der Waals surface area (Å²) in [7, 11) is 1.59. The molecule has 0 unspecified atom stereocenters. The van der Waals surface area contributed by atoms with Gasteiger partial charge in [0.15, 0.2) is 22.4 Å². The highest BCUT2D eigenvalue weighted by molar-refractivity contribution is 8.27. The van der Waals surface area contributed by atoms with Crippen LogP contribution in [0.4, 0.5) is 11.4 Å². The normalized spacial score (nSPS) is 14.1. The largest absolute Gasteiger partial charge is 0.497 e. The number of methoxy groups -OCH3 is 1. The summed E-state index contributed by atoms with van der Waals surface area (Å²) in [4.78, 5) is 27.7. The number of benzene rings is 3. The Labute approximate surface area is 231 Å². The maximum absolute atomic E-state index is 13.1. The van der Waals surface area contributed by atoms with Crippen molar-refractivity contribution in [2.75, 3.05) is 30.5 Å². The van der Waals surface area contributed by atoms with Crippen LogP contribution in [0.2, 0.25) is 0 Å². The zero-order valence-electron chi connectivity index (χ0n) is 21.6. The van der Waals surface area contributed by atoms with Crippen LogP contribution in [0.15, 0.2) is 65.6 Å². The lowest BCUT2D eigenvalue weighted by Gasteiger charge is -2.15. The molecule has 0 spiro atoms. The number of rotatable bonds is 9. The van der Waals surface area contributed by atoms with Crippen LogP contribution in [0.5, 0.6) is 17.2 Å². The predicted molar refractivity (Wildman–Crippen MR) is 156 cm³/mol. The highest BCUT2D eigenvalue weighted by Crippen LogP contribution is 2.37. The Hall–Kier alpha value is -3.82. The number of nitrogens with zero attached hydrogens (tertiary/aromatic N) is 1. The molecule has 1 saturated heterocycles. The molecule has 3 aromatic carbocycles. The molecule has 196 valence electrons. The monoisotopic (exact) mass is 548 g/mol. The minimum absolute atomic E-state index is 0.173. The van der Waals surface area contributed by atoms with Crippen molar-refractivity contribution in [2.24, 2.45) is 0 Å². The van der Waals surface area contributed by atoms with Crippen LogP contribution in [0.3, 0.4) is 0 Å². The van der Waals surface area contributed by atoms with Gasteiger partial charge in [-0.25, -0.2) is 0 Å². The van der Waals surface area contributed by atoms with Crippen LogP contribution >= 0.6 is 24.0 Å². The fraction of sp³-hybridized carbons (Fsp3) is 0.207. The zero-order valence-corrected chi connectivity index (χ0v) is 23.2. The van der Waals surface area contributed by atoms with Gasteiger partial charge >= 0.3 is 0 Å². The van der Waals surface area contributed by atoms with Crippen molar-refractivity contribution in [3.63, 3.8) is 0 Å². The average Bonchev–Trinajstić information content (AvgIpc) is 3.18. The molecule has 4 rings (SSSR count). The Morgan fingerprint density at radius 1 is 1.03 bits per heavy atom. The third-order valence-corrected chi connectivity index (χ3v) is 7.10. The van der Waals surface area contributed by atoms with Crippen LogP contribution < -0.4 is 24.4 Å². The average molecular weight is 549 g/mol. The second-order valence-corrected chi connectivity index (χ2v) is 10.1. The number of aryl methyl sites for hydroxylation is 2. The summed E-state index contributed by atoms with van der Waals surface area (Å²) in [6, 6.07) is 18.3. The molecule has 1 fully saturated rings. The van der Waals surface area contributed by atoms with E-state index in [2.05, 4.69) is 5.32 Å². The van der Waals surface area contributed by atoms with Crippen molar-refractivity contribution in [1.82, 2.24) is 0 Å². The van der Waals surface area contributed by atoms with Crippen molar-refractivity contribution >= 4 is 57.6 Å². The molecule has 1 aliphatic rings. The molecule has 9 heteroatoms. The van der Waals surface area contributed by atoms with Crippen LogP contribution in [-0.4, -0.2) is 36.5 Å². The molecule has 2 amide bonds. The number of carbonyl (C=O) groups excluding carboxylic acids is 2. The molecule has 7 nitrogen and oxygen atoms in total. The molecule has 1 heterocycles. The molecular formula is C29H28N2O5S2. The van der Waals surface area contributed by atoms with E-state index in [1.54, 1.807) is 55.7 Å². The summed E-state index contributed by atoms with van der Waals surface area (Å²) in [5.41, 5.74) is 4.17. The van der Waals surface area contributed by atoms with Crippen LogP contribution in [0, 0.1) is 13.8 Å². The molecule has 1 aliphatic heterocycles. The summed E-state index contributed by atoms with van der Waals surface area (Å²) < 4.78 is 17.2. The lowest BCUT2D eigenvalue weighted by atomic mass is 10.1. The van der Waals surface area contributed by atoms with Gasteiger partial charge in [-0.05, 0) is 79.9 Å². The van der Waals surface area contributed by atoms with Crippen molar-refractivity contribution in [2.45, 2.75) is 20.8 Å². The molecular weight excluding hydrogens is 520 g/mol. The van der Waals surface area contributed by atoms with Crippen molar-refractivity contribution in [3.8, 4) is 17.2 Å². The van der Waals surface area contributed by atoms with Gasteiger partial charge in [-0.1, -0.05) is 48.2 Å². The maximum atomic E-state index is 13.1. The number of amides is 2. The quantitative estimate of drug-likeness (QED) is 0.254. The van der Waals surface area contributed by atoms with Crippen molar-refractivity contribution in [1.29, 1.82) is 0 Å². The van der Waals surface area contributed by atoms with Gasteiger partial charge in [0.1, 0.15) is 5.75 Å². The minimum atomic E-state index is -0.267. The number of nitrogens with one attached hydrogen (secondary N) is 1. The minimum Gasteiger partial charge on any atom is -0.497 e. The second kappa shape index (κ2) is 12.1. The number of para-hydroxylation sites is 1. The van der Waals surface area contributed by atoms with Gasteiger partial charge in [0.2, 0.25) is 0 Å². The topological polar surface area (TPSA) is 77.1 Å². The smallest absolute Gasteiger partial charge is 0.270 e. The van der Waals surface area contributed by atoms with E-state index in [9.17, 15) is 9.59 Å². The van der Waals surface area contributed by atoms with E-state index in [-0.39, 0.29) is 18.4 Å². The van der Waals surface area contributed by atoms with E-state index < -0.39 is 0 Å². The van der Waals surface area contributed by atoms with Gasteiger partial charge < -0.3 is 19.5 Å². The van der Waals surface area contributed by atoms with Gasteiger partial charge in [0.25, 0.3) is 11.8 Å². The molecule has 0 atom stereocenters. The summed E-state index contributed by atoms with van der Waals surface area (Å²) in [5.74, 6) is 1.14. The fourth-order valence-corrected chi connectivity index (χ4v) is 5.20. The highest BCUT2D eigenvalue weighted by atomic mass is 32.2. The first-order chi connectivity index (χ1) is 18.3.